The second kappa shape index (κ2) is 5.98. The number of carbonyl (C=O) groups is 2. The van der Waals surface area contributed by atoms with E-state index < -0.39 is 11.6 Å². The van der Waals surface area contributed by atoms with E-state index in [9.17, 15) is 9.59 Å². The van der Waals surface area contributed by atoms with Crippen LogP contribution in [0.5, 0.6) is 11.5 Å². The summed E-state index contributed by atoms with van der Waals surface area (Å²) in [6.07, 6.45) is 3.69. The summed E-state index contributed by atoms with van der Waals surface area (Å²) < 4.78 is 13.0. The summed E-state index contributed by atoms with van der Waals surface area (Å²) in [4.78, 5) is 31.4. The number of urea groups is 1. The molecule has 5 rings (SSSR count). The van der Waals surface area contributed by atoms with E-state index in [2.05, 4.69) is 10.3 Å². The van der Waals surface area contributed by atoms with Crippen molar-refractivity contribution in [3.63, 3.8) is 0 Å². The van der Waals surface area contributed by atoms with Gasteiger partial charge in [-0.1, -0.05) is 12.1 Å². The Kier molecular flexibility index (Phi) is 3.55. The van der Waals surface area contributed by atoms with Crippen molar-refractivity contribution in [1.29, 1.82) is 0 Å². The molecule has 0 radical (unpaired) electrons. The second-order valence-corrected chi connectivity index (χ2v) is 7.00. The molecule has 3 amide bonds. The van der Waals surface area contributed by atoms with Crippen LogP contribution in [0.1, 0.15) is 18.2 Å². The molecule has 2 aliphatic heterocycles. The van der Waals surface area contributed by atoms with Gasteiger partial charge in [-0.05, 0) is 36.8 Å². The summed E-state index contributed by atoms with van der Waals surface area (Å²) in [7, 11) is 0. The molecular formula is C20H18N4O4. The summed E-state index contributed by atoms with van der Waals surface area (Å²) in [5.41, 5.74) is 0.874. The van der Waals surface area contributed by atoms with E-state index in [0.29, 0.717) is 36.0 Å². The van der Waals surface area contributed by atoms with Crippen LogP contribution in [-0.4, -0.2) is 39.4 Å². The molecule has 2 aliphatic rings. The number of imide groups is 1. The maximum Gasteiger partial charge on any atom is 0.325 e. The van der Waals surface area contributed by atoms with Gasteiger partial charge in [0, 0.05) is 12.4 Å². The molecule has 1 saturated heterocycles. The first-order valence-electron chi connectivity index (χ1n) is 9.01. The first kappa shape index (κ1) is 16.6. The fourth-order valence-corrected chi connectivity index (χ4v) is 3.62. The average Bonchev–Trinajstić information content (AvgIpc) is 3.22. The highest BCUT2D eigenvalue weighted by Gasteiger charge is 2.49. The maximum atomic E-state index is 13.2. The molecule has 3 aromatic rings. The van der Waals surface area contributed by atoms with E-state index in [1.54, 1.807) is 25.1 Å². The number of imidazole rings is 1. The number of amides is 3. The quantitative estimate of drug-likeness (QED) is 0.706. The summed E-state index contributed by atoms with van der Waals surface area (Å²) in [5, 5.41) is 2.81. The molecule has 0 aliphatic carbocycles. The fraction of sp³-hybridized carbons (Fsp3) is 0.250. The van der Waals surface area contributed by atoms with E-state index in [1.807, 2.05) is 35.0 Å². The topological polar surface area (TPSA) is 85.2 Å². The van der Waals surface area contributed by atoms with Crippen LogP contribution in [-0.2, 0) is 16.9 Å². The predicted molar refractivity (Wildman–Crippen MR) is 99.1 cm³/mol. The Morgan fingerprint density at radius 3 is 2.79 bits per heavy atom. The number of fused-ring (bicyclic) bond motifs is 2. The number of aromatic nitrogens is 2. The number of rotatable bonds is 3. The predicted octanol–water partition coefficient (Wildman–Crippen LogP) is 2.07. The van der Waals surface area contributed by atoms with Crippen molar-refractivity contribution in [2.75, 3.05) is 13.2 Å². The normalized spacial score (nSPS) is 21.2. The number of ether oxygens (including phenoxy) is 2. The summed E-state index contributed by atoms with van der Waals surface area (Å²) in [6, 6.07) is 10.5. The van der Waals surface area contributed by atoms with Gasteiger partial charge < -0.3 is 19.2 Å². The minimum Gasteiger partial charge on any atom is -0.486 e. The SMILES string of the molecule is CC1(c2ccc3c(c2)OCCO3)NC(=O)N(Cc2cn3ccccc3n2)C1=O. The number of carbonyl (C=O) groups excluding carboxylic acids is 2. The molecule has 142 valence electrons. The Balaban J connectivity index is 1.44. The van der Waals surface area contributed by atoms with Gasteiger partial charge in [0.2, 0.25) is 0 Å². The molecule has 2 aromatic heterocycles. The third-order valence-electron chi connectivity index (χ3n) is 5.13. The first-order valence-corrected chi connectivity index (χ1v) is 9.01. The average molecular weight is 378 g/mol. The van der Waals surface area contributed by atoms with Crippen LogP contribution in [0.4, 0.5) is 4.79 Å². The molecule has 0 spiro atoms. The van der Waals surface area contributed by atoms with Gasteiger partial charge in [0.25, 0.3) is 5.91 Å². The minimum absolute atomic E-state index is 0.104. The van der Waals surface area contributed by atoms with Crippen LogP contribution in [0.3, 0.4) is 0 Å². The number of hydrogen-bond acceptors (Lipinski definition) is 5. The van der Waals surface area contributed by atoms with Gasteiger partial charge in [0.1, 0.15) is 24.4 Å². The highest BCUT2D eigenvalue weighted by Crippen LogP contribution is 2.37. The van der Waals surface area contributed by atoms with Crippen molar-refractivity contribution in [3.05, 3.63) is 60.0 Å². The van der Waals surface area contributed by atoms with Gasteiger partial charge in [-0.2, -0.15) is 0 Å². The number of nitrogens with one attached hydrogen (secondary N) is 1. The van der Waals surface area contributed by atoms with Crippen LogP contribution < -0.4 is 14.8 Å². The van der Waals surface area contributed by atoms with Gasteiger partial charge in [0.05, 0.1) is 12.2 Å². The Hall–Kier alpha value is -3.55. The summed E-state index contributed by atoms with van der Waals surface area (Å²) in [6.45, 7) is 2.74. The van der Waals surface area contributed by atoms with Gasteiger partial charge in [0.15, 0.2) is 11.5 Å². The lowest BCUT2D eigenvalue weighted by atomic mass is 9.91. The molecule has 1 aromatic carbocycles. The molecule has 8 heteroatoms. The monoisotopic (exact) mass is 378 g/mol. The van der Waals surface area contributed by atoms with Crippen molar-refractivity contribution < 1.29 is 19.1 Å². The zero-order chi connectivity index (χ0) is 19.3. The van der Waals surface area contributed by atoms with Crippen LogP contribution in [0.25, 0.3) is 5.65 Å². The molecule has 0 saturated carbocycles. The van der Waals surface area contributed by atoms with E-state index in [-0.39, 0.29) is 12.5 Å². The van der Waals surface area contributed by atoms with Crippen molar-refractivity contribution in [3.8, 4) is 11.5 Å². The highest BCUT2D eigenvalue weighted by atomic mass is 16.6. The van der Waals surface area contributed by atoms with Crippen LogP contribution in [0, 0.1) is 0 Å². The molecule has 1 N–H and O–H groups in total. The molecular weight excluding hydrogens is 360 g/mol. The lowest BCUT2D eigenvalue weighted by molar-refractivity contribution is -0.131. The minimum atomic E-state index is -1.17. The Bertz CT molecular complexity index is 1080. The van der Waals surface area contributed by atoms with Crippen molar-refractivity contribution in [2.45, 2.75) is 19.0 Å². The van der Waals surface area contributed by atoms with Crippen molar-refractivity contribution >= 4 is 17.6 Å². The molecule has 4 heterocycles. The summed E-state index contributed by atoms with van der Waals surface area (Å²) in [5.74, 6) is 0.883. The smallest absolute Gasteiger partial charge is 0.325 e. The van der Waals surface area contributed by atoms with Gasteiger partial charge in [-0.15, -0.1) is 0 Å². The molecule has 1 atom stereocenters. The molecule has 1 unspecified atom stereocenters. The van der Waals surface area contributed by atoms with Crippen molar-refractivity contribution in [2.24, 2.45) is 0 Å². The van der Waals surface area contributed by atoms with Crippen molar-refractivity contribution in [1.82, 2.24) is 19.6 Å². The zero-order valence-electron chi connectivity index (χ0n) is 15.2. The standard InChI is InChI=1S/C20H18N4O4/c1-20(13-5-6-15-16(10-13)28-9-8-27-15)18(25)24(19(26)22-20)12-14-11-23-7-3-2-4-17(23)21-14/h2-7,10-11H,8-9,12H2,1H3,(H,22,26). The van der Waals surface area contributed by atoms with Gasteiger partial charge in [-0.3, -0.25) is 9.69 Å². The largest absolute Gasteiger partial charge is 0.486 e. The maximum absolute atomic E-state index is 13.2. The van der Waals surface area contributed by atoms with E-state index in [1.165, 1.54) is 4.90 Å². The fourth-order valence-electron chi connectivity index (χ4n) is 3.62. The zero-order valence-corrected chi connectivity index (χ0v) is 15.2. The lowest BCUT2D eigenvalue weighted by Crippen LogP contribution is -2.41. The van der Waals surface area contributed by atoms with Crippen LogP contribution in [0.15, 0.2) is 48.8 Å². The van der Waals surface area contributed by atoms with E-state index in [0.717, 1.165) is 5.65 Å². The molecule has 0 bridgehead atoms. The van der Waals surface area contributed by atoms with Crippen LogP contribution in [0.2, 0.25) is 0 Å². The van der Waals surface area contributed by atoms with E-state index in [4.69, 9.17) is 9.47 Å². The molecule has 1 fully saturated rings. The number of benzene rings is 1. The number of hydrogen-bond donors (Lipinski definition) is 1. The second-order valence-electron chi connectivity index (χ2n) is 7.00. The highest BCUT2D eigenvalue weighted by molar-refractivity contribution is 6.07. The number of pyridine rings is 1. The van der Waals surface area contributed by atoms with Gasteiger partial charge >= 0.3 is 6.03 Å². The third-order valence-corrected chi connectivity index (χ3v) is 5.13. The Labute approximate surface area is 160 Å². The van der Waals surface area contributed by atoms with Gasteiger partial charge in [-0.25, -0.2) is 9.78 Å². The number of nitrogens with zero attached hydrogens (tertiary/aromatic N) is 3. The van der Waals surface area contributed by atoms with E-state index >= 15 is 0 Å². The first-order chi connectivity index (χ1) is 13.5. The molecule has 28 heavy (non-hydrogen) atoms. The third kappa shape index (κ3) is 2.49. The van der Waals surface area contributed by atoms with Crippen LogP contribution >= 0.6 is 0 Å². The summed E-state index contributed by atoms with van der Waals surface area (Å²) >= 11 is 0. The lowest BCUT2D eigenvalue weighted by Gasteiger charge is -2.25. The Morgan fingerprint density at radius 2 is 1.96 bits per heavy atom. The molecule has 8 nitrogen and oxygen atoms in total. The Morgan fingerprint density at radius 1 is 1.14 bits per heavy atom.